The first-order chi connectivity index (χ1) is 12.2. The highest BCUT2D eigenvalue weighted by Crippen LogP contribution is 2.32. The van der Waals surface area contributed by atoms with Gasteiger partial charge in [0.1, 0.15) is 0 Å². The van der Waals surface area contributed by atoms with Gasteiger partial charge in [0.15, 0.2) is 11.6 Å². The van der Waals surface area contributed by atoms with Gasteiger partial charge < -0.3 is 14.7 Å². The van der Waals surface area contributed by atoms with Crippen molar-refractivity contribution in [1.29, 1.82) is 0 Å². The Kier molecular flexibility index (Phi) is 4.21. The summed E-state index contributed by atoms with van der Waals surface area (Å²) in [6.45, 7) is 3.01. The van der Waals surface area contributed by atoms with E-state index >= 15 is 0 Å². The number of rotatable bonds is 3. The van der Waals surface area contributed by atoms with Crippen molar-refractivity contribution >= 4 is 39.2 Å². The van der Waals surface area contributed by atoms with Crippen LogP contribution in [0, 0.1) is 0 Å². The van der Waals surface area contributed by atoms with Gasteiger partial charge in [-0.05, 0) is 35.7 Å². The van der Waals surface area contributed by atoms with Crippen LogP contribution < -0.4 is 10.2 Å². The molecule has 0 spiro atoms. The van der Waals surface area contributed by atoms with Crippen molar-refractivity contribution in [3.05, 3.63) is 35.7 Å². The van der Waals surface area contributed by atoms with Gasteiger partial charge in [0.25, 0.3) is 0 Å². The Morgan fingerprint density at radius 2 is 1.92 bits per heavy atom. The molecule has 7 nitrogen and oxygen atoms in total. The predicted molar refractivity (Wildman–Crippen MR) is 97.5 cm³/mol. The highest BCUT2D eigenvalue weighted by atomic mass is 32.1. The lowest BCUT2D eigenvalue weighted by atomic mass is 10.2. The summed E-state index contributed by atoms with van der Waals surface area (Å²) >= 11 is 1.64. The Morgan fingerprint density at radius 1 is 1.16 bits per heavy atom. The molecule has 1 aromatic carbocycles. The van der Waals surface area contributed by atoms with Gasteiger partial charge in [0.2, 0.25) is 0 Å². The number of benzene rings is 1. The van der Waals surface area contributed by atoms with E-state index in [1.165, 1.54) is 0 Å². The molecular formula is C17H16N4O3S. The smallest absolute Gasteiger partial charge is 0.409 e. The molecule has 128 valence electrons. The van der Waals surface area contributed by atoms with E-state index in [0.717, 1.165) is 34.7 Å². The molecule has 1 aliphatic rings. The number of ether oxygens (including phenoxy) is 1. The molecule has 0 aliphatic carbocycles. The van der Waals surface area contributed by atoms with Crippen LogP contribution >= 0.6 is 11.3 Å². The number of carboxylic acid groups (broad SMARTS) is 1. The van der Waals surface area contributed by atoms with Gasteiger partial charge >= 0.3 is 6.09 Å². The van der Waals surface area contributed by atoms with Crippen LogP contribution in [0.1, 0.15) is 0 Å². The fraction of sp³-hybridized carbons (Fsp3) is 0.235. The van der Waals surface area contributed by atoms with E-state index in [9.17, 15) is 4.79 Å². The minimum Gasteiger partial charge on any atom is -0.465 e. The van der Waals surface area contributed by atoms with Crippen LogP contribution in [0.15, 0.2) is 35.7 Å². The molecule has 3 aromatic rings. The van der Waals surface area contributed by atoms with Gasteiger partial charge in [-0.15, -0.1) is 11.3 Å². The second kappa shape index (κ2) is 6.66. The lowest BCUT2D eigenvalue weighted by molar-refractivity contribution is 0.122. The van der Waals surface area contributed by atoms with Gasteiger partial charge in [-0.25, -0.2) is 14.8 Å². The first-order valence-electron chi connectivity index (χ1n) is 7.89. The Hall–Kier alpha value is -2.71. The lowest BCUT2D eigenvalue weighted by Gasteiger charge is -2.28. The van der Waals surface area contributed by atoms with Crippen LogP contribution in [-0.4, -0.2) is 47.5 Å². The van der Waals surface area contributed by atoms with E-state index in [0.29, 0.717) is 24.7 Å². The van der Waals surface area contributed by atoms with E-state index < -0.39 is 6.09 Å². The maximum atomic E-state index is 10.7. The molecule has 4 rings (SSSR count). The van der Waals surface area contributed by atoms with Crippen molar-refractivity contribution in [2.24, 2.45) is 0 Å². The van der Waals surface area contributed by atoms with Crippen molar-refractivity contribution in [3.63, 3.8) is 0 Å². The topological polar surface area (TPSA) is 87.6 Å². The van der Waals surface area contributed by atoms with Gasteiger partial charge in [-0.2, -0.15) is 0 Å². The summed E-state index contributed by atoms with van der Waals surface area (Å²) in [6, 6.07) is 9.05. The highest BCUT2D eigenvalue weighted by molar-refractivity contribution is 7.17. The predicted octanol–water partition coefficient (Wildman–Crippen LogP) is 3.28. The summed E-state index contributed by atoms with van der Waals surface area (Å²) in [5.74, 6) is 1.57. The monoisotopic (exact) mass is 356 g/mol. The zero-order valence-corrected chi connectivity index (χ0v) is 14.1. The zero-order valence-electron chi connectivity index (χ0n) is 13.3. The summed E-state index contributed by atoms with van der Waals surface area (Å²) in [6.07, 6.45) is -1.08. The standard InChI is InChI=1S/C17H16N4O3S/c22-17(23)18-12-3-1-11(2-4-12)15-19-13-5-10-25-14(13)16(20-15)21-6-8-24-9-7-21/h1-5,10,18H,6-9H2,(H,22,23). The van der Waals surface area contributed by atoms with E-state index in [-0.39, 0.29) is 0 Å². The van der Waals surface area contributed by atoms with Crippen molar-refractivity contribution in [1.82, 2.24) is 9.97 Å². The molecule has 0 bridgehead atoms. The summed E-state index contributed by atoms with van der Waals surface area (Å²) in [5, 5.41) is 13.1. The van der Waals surface area contributed by atoms with E-state index in [2.05, 4.69) is 15.2 Å². The first kappa shape index (κ1) is 15.8. The number of carbonyl (C=O) groups is 1. The molecule has 1 saturated heterocycles. The van der Waals surface area contributed by atoms with Crippen LogP contribution in [0.4, 0.5) is 16.3 Å². The number of aromatic nitrogens is 2. The molecule has 2 N–H and O–H groups in total. The molecule has 0 atom stereocenters. The number of hydrogen-bond acceptors (Lipinski definition) is 6. The number of thiophene rings is 1. The molecule has 1 fully saturated rings. The third kappa shape index (κ3) is 3.26. The SMILES string of the molecule is O=C(O)Nc1ccc(-c2nc(N3CCOCC3)c3sccc3n2)cc1. The molecule has 0 radical (unpaired) electrons. The van der Waals surface area contributed by atoms with Crippen molar-refractivity contribution < 1.29 is 14.6 Å². The molecule has 0 unspecified atom stereocenters. The normalized spacial score (nSPS) is 14.6. The molecule has 3 heterocycles. The summed E-state index contributed by atoms with van der Waals surface area (Å²) in [5.41, 5.74) is 2.28. The largest absolute Gasteiger partial charge is 0.465 e. The maximum absolute atomic E-state index is 10.7. The highest BCUT2D eigenvalue weighted by Gasteiger charge is 2.18. The van der Waals surface area contributed by atoms with Crippen molar-refractivity contribution in [3.8, 4) is 11.4 Å². The number of nitrogens with zero attached hydrogens (tertiary/aromatic N) is 3. The minimum absolute atomic E-state index is 0.515. The van der Waals surface area contributed by atoms with E-state index in [4.69, 9.17) is 14.8 Å². The van der Waals surface area contributed by atoms with Crippen LogP contribution in [0.25, 0.3) is 21.6 Å². The number of morpholine rings is 1. The average molecular weight is 356 g/mol. The molecule has 8 heteroatoms. The van der Waals surface area contributed by atoms with E-state index in [1.54, 1.807) is 23.5 Å². The molecule has 2 aromatic heterocycles. The van der Waals surface area contributed by atoms with Gasteiger partial charge in [-0.3, -0.25) is 5.32 Å². The third-order valence-electron chi connectivity index (χ3n) is 3.99. The van der Waals surface area contributed by atoms with Gasteiger partial charge in [-0.1, -0.05) is 0 Å². The molecule has 1 amide bonds. The summed E-state index contributed by atoms with van der Waals surface area (Å²) < 4.78 is 6.52. The second-order valence-electron chi connectivity index (χ2n) is 5.61. The Balaban J connectivity index is 1.73. The third-order valence-corrected chi connectivity index (χ3v) is 4.89. The summed E-state index contributed by atoms with van der Waals surface area (Å²) in [4.78, 5) is 22.4. The minimum atomic E-state index is -1.08. The van der Waals surface area contributed by atoms with Crippen LogP contribution in [-0.2, 0) is 4.74 Å². The number of hydrogen-bond donors (Lipinski definition) is 2. The zero-order chi connectivity index (χ0) is 17.2. The van der Waals surface area contributed by atoms with E-state index in [1.807, 2.05) is 23.6 Å². The molecule has 0 saturated carbocycles. The Labute approximate surface area is 147 Å². The van der Waals surface area contributed by atoms with Crippen LogP contribution in [0.5, 0.6) is 0 Å². The first-order valence-corrected chi connectivity index (χ1v) is 8.77. The van der Waals surface area contributed by atoms with Crippen molar-refractivity contribution in [2.75, 3.05) is 36.5 Å². The number of anilines is 2. The Morgan fingerprint density at radius 3 is 2.64 bits per heavy atom. The molecular weight excluding hydrogens is 340 g/mol. The fourth-order valence-corrected chi connectivity index (χ4v) is 3.64. The van der Waals surface area contributed by atoms with Crippen LogP contribution in [0.3, 0.4) is 0 Å². The van der Waals surface area contributed by atoms with Crippen molar-refractivity contribution in [2.45, 2.75) is 0 Å². The second-order valence-corrected chi connectivity index (χ2v) is 6.53. The number of fused-ring (bicyclic) bond motifs is 1. The number of amides is 1. The summed E-state index contributed by atoms with van der Waals surface area (Å²) in [7, 11) is 0. The quantitative estimate of drug-likeness (QED) is 0.749. The molecule has 25 heavy (non-hydrogen) atoms. The lowest BCUT2D eigenvalue weighted by Crippen LogP contribution is -2.36. The Bertz CT molecular complexity index is 904. The van der Waals surface area contributed by atoms with Crippen LogP contribution in [0.2, 0.25) is 0 Å². The van der Waals surface area contributed by atoms with Gasteiger partial charge in [0, 0.05) is 24.3 Å². The average Bonchev–Trinajstić information content (AvgIpc) is 3.10. The fourth-order valence-electron chi connectivity index (χ4n) is 2.79. The maximum Gasteiger partial charge on any atom is 0.409 e. The van der Waals surface area contributed by atoms with Gasteiger partial charge in [0.05, 0.1) is 23.4 Å². The number of nitrogens with one attached hydrogen (secondary N) is 1. The molecule has 1 aliphatic heterocycles.